The van der Waals surface area contributed by atoms with E-state index >= 15 is 0 Å². The third-order valence-corrected chi connectivity index (χ3v) is 4.70. The number of hydrogen-bond acceptors (Lipinski definition) is 5. The van der Waals surface area contributed by atoms with E-state index in [9.17, 15) is 31.1 Å². The van der Waals surface area contributed by atoms with Crippen LogP contribution in [0.5, 0.6) is 0 Å². The Bertz CT molecular complexity index is 1150. The summed E-state index contributed by atoms with van der Waals surface area (Å²) in [6.07, 6.45) is -2.04. The molecule has 2 aromatic heterocycles. The number of ketones is 1. The Kier molecular flexibility index (Phi) is 5.31. The van der Waals surface area contributed by atoms with E-state index in [1.54, 1.807) is 0 Å². The summed E-state index contributed by atoms with van der Waals surface area (Å²) in [5, 5.41) is 3.96. The number of carbonyl (C=O) groups excluding carboxylic acids is 1. The Labute approximate surface area is 176 Å². The van der Waals surface area contributed by atoms with Crippen molar-refractivity contribution in [3.05, 3.63) is 59.9 Å². The van der Waals surface area contributed by atoms with Gasteiger partial charge in [-0.15, -0.1) is 5.10 Å². The minimum Gasteiger partial charge on any atom is -0.294 e. The average molecular weight is 453 g/mol. The van der Waals surface area contributed by atoms with Gasteiger partial charge in [0.1, 0.15) is 12.7 Å². The molecule has 166 valence electrons. The second kappa shape index (κ2) is 7.84. The van der Waals surface area contributed by atoms with Gasteiger partial charge in [0.05, 0.1) is 11.1 Å². The first kappa shape index (κ1) is 21.7. The summed E-state index contributed by atoms with van der Waals surface area (Å²) >= 11 is 0. The molecule has 32 heavy (non-hydrogen) atoms. The second-order valence-electron chi connectivity index (χ2n) is 7.15. The summed E-state index contributed by atoms with van der Waals surface area (Å²) < 4.78 is 79.8. The largest absolute Gasteiger partial charge is 0.416 e. The van der Waals surface area contributed by atoms with Crippen molar-refractivity contribution in [1.29, 1.82) is 0 Å². The number of nitrogens with zero attached hydrogens (tertiary/aromatic N) is 5. The van der Waals surface area contributed by atoms with Gasteiger partial charge in [-0.25, -0.2) is 19.6 Å². The molecule has 6 nitrogen and oxygen atoms in total. The van der Waals surface area contributed by atoms with Crippen molar-refractivity contribution in [2.24, 2.45) is 5.92 Å². The normalized spacial score (nSPS) is 15.1. The van der Waals surface area contributed by atoms with E-state index in [0.717, 1.165) is 23.9 Å². The molecule has 0 aliphatic heterocycles. The van der Waals surface area contributed by atoms with Crippen molar-refractivity contribution in [1.82, 2.24) is 24.7 Å². The van der Waals surface area contributed by atoms with Gasteiger partial charge >= 0.3 is 12.4 Å². The van der Waals surface area contributed by atoms with Crippen molar-refractivity contribution in [2.75, 3.05) is 0 Å². The molecule has 1 saturated carbocycles. The highest BCUT2D eigenvalue weighted by molar-refractivity contribution is 6.25. The predicted octanol–water partition coefficient (Wildman–Crippen LogP) is 4.75. The molecular formula is C20H13F6N5O. The lowest BCUT2D eigenvalue weighted by atomic mass is 10.0. The number of halogens is 6. The molecule has 1 aliphatic rings. The first-order valence-corrected chi connectivity index (χ1v) is 9.25. The molecule has 1 aromatic carbocycles. The minimum atomic E-state index is -4.99. The van der Waals surface area contributed by atoms with Crippen LogP contribution in [0.15, 0.2) is 43.2 Å². The van der Waals surface area contributed by atoms with Gasteiger partial charge in [0.2, 0.25) is 0 Å². The fraction of sp³-hybridized carbons (Fsp3) is 0.250. The third kappa shape index (κ3) is 4.68. The van der Waals surface area contributed by atoms with Crippen LogP contribution in [-0.2, 0) is 17.1 Å². The van der Waals surface area contributed by atoms with Gasteiger partial charge in [-0.1, -0.05) is 0 Å². The summed E-state index contributed by atoms with van der Waals surface area (Å²) in [6.45, 7) is 0. The monoisotopic (exact) mass is 453 g/mol. The fourth-order valence-electron chi connectivity index (χ4n) is 2.97. The molecule has 0 radical (unpaired) electrons. The van der Waals surface area contributed by atoms with Crippen molar-refractivity contribution in [3.8, 4) is 11.4 Å². The Morgan fingerprint density at radius 3 is 2.09 bits per heavy atom. The van der Waals surface area contributed by atoms with Crippen molar-refractivity contribution < 1.29 is 31.1 Å². The fourth-order valence-corrected chi connectivity index (χ4v) is 2.97. The SMILES string of the molecule is O=C(/C(=C/n1cnc(-c2cc(C(F)(F)F)cc(C(F)(F)F)c2)n1)c1cncnc1)C1CC1. The van der Waals surface area contributed by atoms with Crippen molar-refractivity contribution >= 4 is 17.6 Å². The number of alkyl halides is 6. The number of hydrogen-bond donors (Lipinski definition) is 0. The highest BCUT2D eigenvalue weighted by Crippen LogP contribution is 2.38. The maximum absolute atomic E-state index is 13.1. The van der Waals surface area contributed by atoms with Crippen LogP contribution < -0.4 is 0 Å². The van der Waals surface area contributed by atoms with Crippen LogP contribution in [0.25, 0.3) is 23.2 Å². The quantitative estimate of drug-likeness (QED) is 0.412. The Morgan fingerprint density at radius 2 is 1.56 bits per heavy atom. The lowest BCUT2D eigenvalue weighted by Gasteiger charge is -2.13. The van der Waals surface area contributed by atoms with Gasteiger partial charge in [-0.3, -0.25) is 4.79 Å². The maximum Gasteiger partial charge on any atom is 0.416 e. The van der Waals surface area contributed by atoms with Crippen LogP contribution >= 0.6 is 0 Å². The number of aromatic nitrogens is 5. The first-order chi connectivity index (χ1) is 15.0. The van der Waals surface area contributed by atoms with Gasteiger partial charge in [0, 0.05) is 41.2 Å². The summed E-state index contributed by atoms with van der Waals surface area (Å²) in [6, 6.07) is 1.11. The van der Waals surface area contributed by atoms with E-state index in [2.05, 4.69) is 20.1 Å². The maximum atomic E-state index is 13.1. The zero-order chi connectivity index (χ0) is 23.1. The average Bonchev–Trinajstić information content (AvgIpc) is 3.49. The lowest BCUT2D eigenvalue weighted by molar-refractivity contribution is -0.143. The Morgan fingerprint density at radius 1 is 0.969 bits per heavy atom. The summed E-state index contributed by atoms with van der Waals surface area (Å²) in [5.41, 5.74) is -2.79. The topological polar surface area (TPSA) is 73.6 Å². The number of benzene rings is 1. The Balaban J connectivity index is 1.75. The van der Waals surface area contributed by atoms with Gasteiger partial charge in [0.15, 0.2) is 11.6 Å². The van der Waals surface area contributed by atoms with Gasteiger partial charge in [0.25, 0.3) is 0 Å². The van der Waals surface area contributed by atoms with E-state index in [-0.39, 0.29) is 29.2 Å². The van der Waals surface area contributed by atoms with Crippen LogP contribution in [0.2, 0.25) is 0 Å². The smallest absolute Gasteiger partial charge is 0.294 e. The Hall–Kier alpha value is -3.57. The predicted molar refractivity (Wildman–Crippen MR) is 99.4 cm³/mol. The molecule has 1 aliphatic carbocycles. The van der Waals surface area contributed by atoms with E-state index in [4.69, 9.17) is 0 Å². The van der Waals surface area contributed by atoms with Crippen LogP contribution in [0.3, 0.4) is 0 Å². The van der Waals surface area contributed by atoms with Crippen LogP contribution in [-0.4, -0.2) is 30.5 Å². The molecule has 0 bridgehead atoms. The molecule has 12 heteroatoms. The zero-order valence-corrected chi connectivity index (χ0v) is 16.0. The summed E-state index contributed by atoms with van der Waals surface area (Å²) in [4.78, 5) is 24.2. The van der Waals surface area contributed by atoms with E-state index in [1.807, 2.05) is 0 Å². The van der Waals surface area contributed by atoms with Gasteiger partial charge < -0.3 is 0 Å². The highest BCUT2D eigenvalue weighted by Gasteiger charge is 2.37. The molecule has 0 unspecified atom stereocenters. The van der Waals surface area contributed by atoms with E-state index in [0.29, 0.717) is 17.7 Å². The van der Waals surface area contributed by atoms with Crippen molar-refractivity contribution in [3.63, 3.8) is 0 Å². The van der Waals surface area contributed by atoms with Crippen LogP contribution in [0.1, 0.15) is 29.5 Å². The molecule has 1 fully saturated rings. The van der Waals surface area contributed by atoms with E-state index < -0.39 is 29.0 Å². The molecule has 0 N–H and O–H groups in total. The molecule has 0 spiro atoms. The lowest BCUT2D eigenvalue weighted by Crippen LogP contribution is -2.11. The van der Waals surface area contributed by atoms with Crippen LogP contribution in [0.4, 0.5) is 26.3 Å². The first-order valence-electron chi connectivity index (χ1n) is 9.25. The number of rotatable bonds is 5. The number of carbonyl (C=O) groups is 1. The number of allylic oxidation sites excluding steroid dienone is 1. The molecule has 0 saturated heterocycles. The summed E-state index contributed by atoms with van der Waals surface area (Å²) in [5.74, 6) is -0.710. The van der Waals surface area contributed by atoms with Gasteiger partial charge in [-0.05, 0) is 31.0 Å². The van der Waals surface area contributed by atoms with Gasteiger partial charge in [-0.2, -0.15) is 26.3 Å². The molecule has 2 heterocycles. The molecule has 0 amide bonds. The minimum absolute atomic E-state index is 0.0300. The van der Waals surface area contributed by atoms with Crippen molar-refractivity contribution in [2.45, 2.75) is 25.2 Å². The van der Waals surface area contributed by atoms with Crippen LogP contribution in [0, 0.1) is 5.92 Å². The molecular weight excluding hydrogens is 440 g/mol. The number of Topliss-reactive ketones (excluding diaryl/α,β-unsaturated/α-hetero) is 1. The zero-order valence-electron chi connectivity index (χ0n) is 16.0. The highest BCUT2D eigenvalue weighted by atomic mass is 19.4. The molecule has 4 rings (SSSR count). The molecule has 3 aromatic rings. The third-order valence-electron chi connectivity index (χ3n) is 4.70. The second-order valence-corrected chi connectivity index (χ2v) is 7.15. The molecule has 0 atom stereocenters. The summed E-state index contributed by atoms with van der Waals surface area (Å²) in [7, 11) is 0. The van der Waals surface area contributed by atoms with E-state index in [1.165, 1.54) is 24.9 Å². The standard InChI is InChI=1S/C20H13F6N5O/c21-19(22,23)14-3-12(4-15(5-14)20(24,25)26)18-29-10-31(30-18)8-16(17(32)11-1-2-11)13-6-27-9-28-7-13/h3-11H,1-2H2/b16-8+.